The van der Waals surface area contributed by atoms with Crippen LogP contribution in [0.1, 0.15) is 122 Å². The lowest BCUT2D eigenvalue weighted by Crippen LogP contribution is -2.63. The van der Waals surface area contributed by atoms with Crippen LogP contribution in [-0.2, 0) is 43.2 Å². The Hall–Kier alpha value is -4.89. The normalized spacial score (nSPS) is 16.0. The fourth-order valence-electron chi connectivity index (χ4n) is 5.85. The van der Waals surface area contributed by atoms with Gasteiger partial charge in [0.15, 0.2) is 0 Å². The van der Waals surface area contributed by atoms with E-state index in [1.807, 2.05) is 13.8 Å². The van der Waals surface area contributed by atoms with E-state index in [9.17, 15) is 48.6 Å². The van der Waals surface area contributed by atoms with Crippen LogP contribution < -0.4 is 48.7 Å². The molecule has 364 valence electrons. The molecule has 0 fully saturated rings. The average molecular weight is 902 g/mol. The first kappa shape index (κ1) is 60.2. The van der Waals surface area contributed by atoms with Crippen LogP contribution in [0, 0.1) is 29.6 Å². The van der Waals surface area contributed by atoms with Gasteiger partial charge in [0.25, 0.3) is 5.97 Å². The molecule has 0 aliphatic heterocycles. The van der Waals surface area contributed by atoms with Gasteiger partial charge < -0.3 is 64.0 Å². The lowest BCUT2D eigenvalue weighted by Gasteiger charge is -2.31. The van der Waals surface area contributed by atoms with Gasteiger partial charge in [0.1, 0.15) is 42.3 Å². The van der Waals surface area contributed by atoms with E-state index in [0.717, 1.165) is 6.92 Å². The lowest BCUT2D eigenvalue weighted by atomic mass is 9.96. The van der Waals surface area contributed by atoms with Gasteiger partial charge in [0.05, 0.1) is 12.1 Å². The molecule has 0 rings (SSSR count). The Bertz CT molecular complexity index is 1500. The summed E-state index contributed by atoms with van der Waals surface area (Å²) in [4.78, 5) is 115. The van der Waals surface area contributed by atoms with Crippen molar-refractivity contribution in [3.8, 4) is 0 Å². The van der Waals surface area contributed by atoms with Crippen LogP contribution in [0.15, 0.2) is 0 Å². The molecule has 14 N–H and O–H groups in total. The second-order valence-corrected chi connectivity index (χ2v) is 17.5. The molecule has 0 saturated heterocycles. The summed E-state index contributed by atoms with van der Waals surface area (Å²) in [7, 11) is 0. The van der Waals surface area contributed by atoms with Gasteiger partial charge in [-0.05, 0) is 75.7 Å². The van der Waals surface area contributed by atoms with Crippen molar-refractivity contribution in [3.63, 3.8) is 0 Å². The van der Waals surface area contributed by atoms with Crippen LogP contribution in [0.3, 0.4) is 0 Å². The van der Waals surface area contributed by atoms with Gasteiger partial charge in [0, 0.05) is 6.92 Å². The van der Waals surface area contributed by atoms with Crippen LogP contribution in [0.5, 0.6) is 0 Å². The second-order valence-electron chi connectivity index (χ2n) is 17.5. The minimum Gasteiger partial charge on any atom is -0.481 e. The molecule has 0 spiro atoms. The molecular weight excluding hydrogens is 823 g/mol. The van der Waals surface area contributed by atoms with Crippen LogP contribution >= 0.6 is 0 Å². The van der Waals surface area contributed by atoms with Gasteiger partial charge in [0.2, 0.25) is 41.4 Å². The van der Waals surface area contributed by atoms with Crippen LogP contribution in [0.4, 0.5) is 0 Å². The average Bonchev–Trinajstić information content (AvgIpc) is 3.17. The maximum Gasteiger partial charge on any atom is 0.326 e. The number of carbonyl (C=O) groups excluding carboxylic acids is 7. The molecule has 0 aromatic heterocycles. The third-order valence-electron chi connectivity index (χ3n) is 10.0. The monoisotopic (exact) mass is 902 g/mol. The first-order chi connectivity index (χ1) is 29.0. The topological polar surface area (TPSA) is 351 Å². The van der Waals surface area contributed by atoms with Crippen LogP contribution in [0.2, 0.25) is 0 Å². The molecule has 63 heavy (non-hydrogen) atoms. The van der Waals surface area contributed by atoms with E-state index in [-0.39, 0.29) is 24.7 Å². The molecule has 7 amide bonds. The number of carboxylic acid groups (broad SMARTS) is 2. The zero-order valence-electron chi connectivity index (χ0n) is 39.5. The fourth-order valence-corrected chi connectivity index (χ4v) is 5.85. The summed E-state index contributed by atoms with van der Waals surface area (Å²) in [6.45, 7) is 21.5. The Morgan fingerprint density at radius 1 is 0.524 bits per heavy atom. The number of aliphatic carboxylic acids is 2. The summed E-state index contributed by atoms with van der Waals surface area (Å²) >= 11 is 0. The number of hydrogen-bond acceptors (Lipinski definition) is 12. The van der Waals surface area contributed by atoms with Crippen molar-refractivity contribution in [2.75, 3.05) is 6.54 Å². The predicted octanol–water partition coefficient (Wildman–Crippen LogP) is -0.527. The molecule has 0 aliphatic rings. The second kappa shape index (κ2) is 30.2. The van der Waals surface area contributed by atoms with Gasteiger partial charge in [-0.3, -0.25) is 38.4 Å². The summed E-state index contributed by atoms with van der Waals surface area (Å²) in [5, 5.41) is 45.8. The molecule has 21 heteroatoms. The van der Waals surface area contributed by atoms with Crippen molar-refractivity contribution in [1.29, 1.82) is 0 Å². The molecule has 0 aromatic carbocycles. The number of hydrogen-bond donors (Lipinski definition) is 12. The zero-order chi connectivity index (χ0) is 49.5. The third kappa shape index (κ3) is 23.4. The molecule has 0 aliphatic carbocycles. The largest absolute Gasteiger partial charge is 0.481 e. The van der Waals surface area contributed by atoms with Crippen molar-refractivity contribution in [2.45, 2.75) is 177 Å². The molecule has 0 aromatic rings. The Labute approximate surface area is 372 Å². The number of carbonyl (C=O) groups is 9. The number of rotatable bonds is 27. The highest BCUT2D eigenvalue weighted by Gasteiger charge is 2.37. The molecule has 0 saturated carbocycles. The summed E-state index contributed by atoms with van der Waals surface area (Å²) in [5.74, 6) is -8.90. The van der Waals surface area contributed by atoms with Gasteiger partial charge >= 0.3 is 5.97 Å². The SMILES string of the molecule is CC(=O)O.CCC(C)C(NC(=O)C(C)NC(=O)C(N)C(C)C)C(=O)NC(C(=O)NC(C(=O)NC(CC(C)C)C(=O)NC(C(=O)NC(CCCCN)C(=O)O)C(C)C)C(C)C)C(C)O. The van der Waals surface area contributed by atoms with E-state index in [2.05, 4.69) is 37.2 Å². The third-order valence-corrected chi connectivity index (χ3v) is 10.0. The molecular formula is C42H79N9O12. The van der Waals surface area contributed by atoms with E-state index in [1.165, 1.54) is 13.8 Å². The number of nitrogens with two attached hydrogens (primary N) is 2. The maximum atomic E-state index is 13.8. The number of carboxylic acids is 2. The summed E-state index contributed by atoms with van der Waals surface area (Å²) in [6.07, 6.45) is 0.308. The number of nitrogens with one attached hydrogen (secondary N) is 7. The van der Waals surface area contributed by atoms with Crippen molar-refractivity contribution < 1.29 is 58.5 Å². The summed E-state index contributed by atoms with van der Waals surface area (Å²) in [6, 6.07) is -9.43. The highest BCUT2D eigenvalue weighted by Crippen LogP contribution is 2.13. The van der Waals surface area contributed by atoms with Crippen molar-refractivity contribution in [2.24, 2.45) is 41.1 Å². The fraction of sp³-hybridized carbons (Fsp3) is 0.786. The van der Waals surface area contributed by atoms with Gasteiger partial charge in [-0.25, -0.2) is 4.79 Å². The molecule has 0 bridgehead atoms. The summed E-state index contributed by atoms with van der Waals surface area (Å²) < 4.78 is 0. The van der Waals surface area contributed by atoms with Gasteiger partial charge in [-0.15, -0.1) is 0 Å². The Morgan fingerprint density at radius 2 is 0.937 bits per heavy atom. The molecule has 21 nitrogen and oxygen atoms in total. The lowest BCUT2D eigenvalue weighted by molar-refractivity contribution is -0.143. The van der Waals surface area contributed by atoms with Crippen molar-refractivity contribution >= 4 is 53.3 Å². The highest BCUT2D eigenvalue weighted by atomic mass is 16.4. The smallest absolute Gasteiger partial charge is 0.326 e. The maximum absolute atomic E-state index is 13.8. The highest BCUT2D eigenvalue weighted by molar-refractivity contribution is 5.98. The number of unbranched alkanes of at least 4 members (excludes halogenated alkanes) is 1. The predicted molar refractivity (Wildman–Crippen MR) is 236 cm³/mol. The minimum atomic E-state index is -1.58. The first-order valence-electron chi connectivity index (χ1n) is 21.7. The van der Waals surface area contributed by atoms with Crippen molar-refractivity contribution in [1.82, 2.24) is 37.2 Å². The standard InChI is InChI=1S/C40H75N9O10.C2H4O2/c1-13-23(10)31(48-33(51)24(11)43-35(53)28(42)20(4)5)38(56)49-32(25(12)50)39(57)47-30(22(8)9)37(55)45-27(18-19(2)3)34(52)46-29(21(6)7)36(54)44-26(40(58)59)16-14-15-17-41;1-2(3)4/h19-32,50H,13-18,41-42H2,1-12H3,(H,43,53)(H,44,54)(H,45,55)(H,46,52)(H,47,57)(H,48,51)(H,49,56)(H,58,59);1H3,(H,3,4). The van der Waals surface area contributed by atoms with Gasteiger partial charge in [-0.2, -0.15) is 0 Å². The molecule has 0 radical (unpaired) electrons. The molecule has 10 atom stereocenters. The zero-order valence-corrected chi connectivity index (χ0v) is 39.5. The first-order valence-corrected chi connectivity index (χ1v) is 21.7. The number of aliphatic hydroxyl groups is 1. The Balaban J connectivity index is 0. The van der Waals surface area contributed by atoms with Crippen molar-refractivity contribution in [3.05, 3.63) is 0 Å². The van der Waals surface area contributed by atoms with E-state index in [0.29, 0.717) is 25.8 Å². The molecule has 10 unspecified atom stereocenters. The Kier molecular flexibility index (Phi) is 28.9. The van der Waals surface area contributed by atoms with Gasteiger partial charge in [-0.1, -0.05) is 75.7 Å². The number of aliphatic hydroxyl groups excluding tert-OH is 1. The minimum absolute atomic E-state index is 0.117. The number of amides is 7. The Morgan fingerprint density at radius 3 is 1.33 bits per heavy atom. The van der Waals surface area contributed by atoms with E-state index in [4.69, 9.17) is 21.4 Å². The van der Waals surface area contributed by atoms with E-state index in [1.54, 1.807) is 55.4 Å². The summed E-state index contributed by atoms with van der Waals surface area (Å²) in [5.41, 5.74) is 11.4. The molecule has 0 heterocycles. The quantitative estimate of drug-likeness (QED) is 0.0462. The van der Waals surface area contributed by atoms with E-state index < -0.39 is 125 Å². The van der Waals surface area contributed by atoms with E-state index >= 15 is 0 Å². The van der Waals surface area contributed by atoms with Crippen LogP contribution in [0.25, 0.3) is 0 Å². The van der Waals surface area contributed by atoms with Crippen LogP contribution in [-0.4, -0.2) is 130 Å².